The lowest BCUT2D eigenvalue weighted by molar-refractivity contribution is -0.153. The van der Waals surface area contributed by atoms with Crippen LogP contribution < -0.4 is 14.8 Å². The standard InChI is InChI=1S/C27H25ClF3N5O4/c1-3-17-13-24(37)36(35-25(17)18-6-10-21(22(12-18)39-2)40-15-27(29,30)31)14-16-4-7-19(8-5-16)32-26(38)20-9-11-23(28)34-33-20/h4-12,17H,3,13-15H2,1-2H3,(H,32,38). The maximum absolute atomic E-state index is 12.9. The molecule has 0 spiro atoms. The summed E-state index contributed by atoms with van der Waals surface area (Å²) in [5.41, 5.74) is 2.63. The number of carbonyl (C=O) groups excluding carboxylic acids is 2. The van der Waals surface area contributed by atoms with Crippen molar-refractivity contribution in [2.45, 2.75) is 32.5 Å². The average Bonchev–Trinajstić information content (AvgIpc) is 2.93. The van der Waals surface area contributed by atoms with Gasteiger partial charge in [-0.3, -0.25) is 9.59 Å². The van der Waals surface area contributed by atoms with E-state index in [-0.39, 0.29) is 47.1 Å². The summed E-state index contributed by atoms with van der Waals surface area (Å²) >= 11 is 5.70. The Bertz CT molecular complexity index is 1400. The molecule has 210 valence electrons. The zero-order valence-electron chi connectivity index (χ0n) is 21.5. The summed E-state index contributed by atoms with van der Waals surface area (Å²) in [4.78, 5) is 25.2. The number of hydrogen-bond donors (Lipinski definition) is 1. The van der Waals surface area contributed by atoms with Gasteiger partial charge < -0.3 is 14.8 Å². The van der Waals surface area contributed by atoms with Crippen LogP contribution in [-0.4, -0.2) is 52.6 Å². The van der Waals surface area contributed by atoms with E-state index in [0.717, 1.165) is 5.56 Å². The van der Waals surface area contributed by atoms with E-state index in [4.69, 9.17) is 21.1 Å². The van der Waals surface area contributed by atoms with Crippen molar-refractivity contribution in [2.75, 3.05) is 19.0 Å². The van der Waals surface area contributed by atoms with Crippen LogP contribution >= 0.6 is 11.6 Å². The second-order valence-electron chi connectivity index (χ2n) is 8.91. The van der Waals surface area contributed by atoms with Crippen molar-refractivity contribution in [1.82, 2.24) is 15.2 Å². The molecule has 2 heterocycles. The fraction of sp³-hybridized carbons (Fsp3) is 0.296. The number of nitrogens with zero attached hydrogens (tertiary/aromatic N) is 4. The predicted molar refractivity (Wildman–Crippen MR) is 141 cm³/mol. The molecule has 0 saturated carbocycles. The third kappa shape index (κ3) is 7.26. The van der Waals surface area contributed by atoms with Crippen LogP contribution in [0.25, 0.3) is 0 Å². The molecular formula is C27H25ClF3N5O4. The van der Waals surface area contributed by atoms with Crippen molar-refractivity contribution in [2.24, 2.45) is 11.0 Å². The Hall–Kier alpha value is -4.19. The topological polar surface area (TPSA) is 106 Å². The monoisotopic (exact) mass is 575 g/mol. The number of hydrogen-bond acceptors (Lipinski definition) is 7. The van der Waals surface area contributed by atoms with Gasteiger partial charge in [-0.1, -0.05) is 30.7 Å². The molecule has 0 aliphatic carbocycles. The molecule has 4 rings (SSSR count). The molecule has 1 aliphatic rings. The molecule has 1 unspecified atom stereocenters. The number of ether oxygens (including phenoxy) is 2. The van der Waals surface area contributed by atoms with Gasteiger partial charge in [0.15, 0.2) is 29.0 Å². The second-order valence-corrected chi connectivity index (χ2v) is 9.30. The van der Waals surface area contributed by atoms with E-state index in [1.54, 1.807) is 36.4 Å². The zero-order chi connectivity index (χ0) is 28.9. The van der Waals surface area contributed by atoms with Crippen molar-refractivity contribution in [1.29, 1.82) is 0 Å². The number of methoxy groups -OCH3 is 1. The minimum absolute atomic E-state index is 0.0451. The Morgan fingerprint density at radius 2 is 1.85 bits per heavy atom. The Balaban J connectivity index is 1.50. The summed E-state index contributed by atoms with van der Waals surface area (Å²) in [7, 11) is 1.34. The van der Waals surface area contributed by atoms with Crippen LogP contribution in [0.5, 0.6) is 11.5 Å². The molecule has 3 aromatic rings. The van der Waals surface area contributed by atoms with Crippen molar-refractivity contribution in [3.05, 3.63) is 76.6 Å². The number of amides is 2. The molecule has 13 heteroatoms. The summed E-state index contributed by atoms with van der Waals surface area (Å²) in [5, 5.41) is 16.3. The molecule has 2 amide bonds. The Labute approximate surface area is 232 Å². The smallest absolute Gasteiger partial charge is 0.422 e. The third-order valence-electron chi connectivity index (χ3n) is 6.08. The SMILES string of the molecule is CCC1CC(=O)N(Cc2ccc(NC(=O)c3ccc(Cl)nn3)cc2)N=C1c1ccc(OCC(F)(F)F)c(OC)c1. The van der Waals surface area contributed by atoms with Gasteiger partial charge in [0.2, 0.25) is 5.91 Å². The number of nitrogens with one attached hydrogen (secondary N) is 1. The van der Waals surface area contributed by atoms with Crippen molar-refractivity contribution in [3.8, 4) is 11.5 Å². The molecule has 1 aromatic heterocycles. The van der Waals surface area contributed by atoms with E-state index < -0.39 is 18.7 Å². The maximum atomic E-state index is 12.9. The fourth-order valence-electron chi connectivity index (χ4n) is 4.04. The first-order chi connectivity index (χ1) is 19.1. The van der Waals surface area contributed by atoms with Gasteiger partial charge in [0.05, 0.1) is 19.4 Å². The van der Waals surface area contributed by atoms with E-state index in [0.29, 0.717) is 23.4 Å². The Morgan fingerprint density at radius 3 is 2.48 bits per heavy atom. The number of carbonyl (C=O) groups is 2. The largest absolute Gasteiger partial charge is 0.493 e. The first-order valence-corrected chi connectivity index (χ1v) is 12.6. The zero-order valence-corrected chi connectivity index (χ0v) is 22.3. The lowest BCUT2D eigenvalue weighted by atomic mass is 9.89. The summed E-state index contributed by atoms with van der Waals surface area (Å²) in [5.74, 6) is -0.704. The normalized spacial score (nSPS) is 15.4. The van der Waals surface area contributed by atoms with Gasteiger partial charge in [0.1, 0.15) is 0 Å². The number of halogens is 4. The molecular weight excluding hydrogens is 551 g/mol. The van der Waals surface area contributed by atoms with Crippen LogP contribution in [0, 0.1) is 5.92 Å². The number of hydrazone groups is 1. The van der Waals surface area contributed by atoms with Crippen molar-refractivity contribution in [3.63, 3.8) is 0 Å². The highest BCUT2D eigenvalue weighted by molar-refractivity contribution is 6.29. The number of benzene rings is 2. The van der Waals surface area contributed by atoms with Gasteiger partial charge in [0, 0.05) is 23.6 Å². The minimum atomic E-state index is -4.49. The van der Waals surface area contributed by atoms with Crippen molar-refractivity contribution < 1.29 is 32.2 Å². The number of alkyl halides is 3. The van der Waals surface area contributed by atoms with Crippen LogP contribution in [0.15, 0.2) is 59.7 Å². The first kappa shape index (κ1) is 28.8. The highest BCUT2D eigenvalue weighted by atomic mass is 35.5. The molecule has 1 atom stereocenters. The molecule has 0 fully saturated rings. The van der Waals surface area contributed by atoms with Crippen LogP contribution in [-0.2, 0) is 11.3 Å². The first-order valence-electron chi connectivity index (χ1n) is 12.2. The molecule has 2 aromatic carbocycles. The van der Waals surface area contributed by atoms with Crippen LogP contribution in [0.2, 0.25) is 5.15 Å². The molecule has 0 bridgehead atoms. The summed E-state index contributed by atoms with van der Waals surface area (Å²) in [6.07, 6.45) is -3.62. The Morgan fingerprint density at radius 1 is 1.10 bits per heavy atom. The molecule has 1 N–H and O–H groups in total. The number of aromatic nitrogens is 2. The van der Waals surface area contributed by atoms with E-state index in [9.17, 15) is 22.8 Å². The summed E-state index contributed by atoms with van der Waals surface area (Å²) < 4.78 is 48.0. The van der Waals surface area contributed by atoms with Gasteiger partial charge in [-0.25, -0.2) is 5.01 Å². The van der Waals surface area contributed by atoms with E-state index in [2.05, 4.69) is 20.6 Å². The number of anilines is 1. The van der Waals surface area contributed by atoms with Crippen LogP contribution in [0.4, 0.5) is 18.9 Å². The lowest BCUT2D eigenvalue weighted by Gasteiger charge is -2.29. The van der Waals surface area contributed by atoms with Crippen LogP contribution in [0.3, 0.4) is 0 Å². The van der Waals surface area contributed by atoms with Crippen LogP contribution in [0.1, 0.15) is 41.4 Å². The molecule has 1 aliphatic heterocycles. The minimum Gasteiger partial charge on any atom is -0.493 e. The third-order valence-corrected chi connectivity index (χ3v) is 6.28. The highest BCUT2D eigenvalue weighted by Gasteiger charge is 2.31. The lowest BCUT2D eigenvalue weighted by Crippen LogP contribution is -2.36. The molecule has 0 radical (unpaired) electrons. The van der Waals surface area contributed by atoms with E-state index in [1.807, 2.05) is 6.92 Å². The van der Waals surface area contributed by atoms with Gasteiger partial charge in [-0.05, 0) is 54.4 Å². The second kappa shape index (κ2) is 12.3. The van der Waals surface area contributed by atoms with E-state index in [1.165, 1.54) is 30.3 Å². The fourth-order valence-corrected chi connectivity index (χ4v) is 4.14. The van der Waals surface area contributed by atoms with E-state index >= 15 is 0 Å². The van der Waals surface area contributed by atoms with Crippen molar-refractivity contribution >= 4 is 34.8 Å². The maximum Gasteiger partial charge on any atom is 0.422 e. The molecule has 40 heavy (non-hydrogen) atoms. The number of rotatable bonds is 9. The average molecular weight is 576 g/mol. The summed E-state index contributed by atoms with van der Waals surface area (Å²) in [6.45, 7) is 0.671. The quantitative estimate of drug-likeness (QED) is 0.361. The van der Waals surface area contributed by atoms with Gasteiger partial charge in [0.25, 0.3) is 5.91 Å². The van der Waals surface area contributed by atoms with Gasteiger partial charge in [-0.2, -0.15) is 18.3 Å². The highest BCUT2D eigenvalue weighted by Crippen LogP contribution is 2.33. The van der Waals surface area contributed by atoms with Gasteiger partial charge in [-0.15, -0.1) is 10.2 Å². The summed E-state index contributed by atoms with van der Waals surface area (Å²) in [6, 6.07) is 14.4. The molecule has 9 nitrogen and oxygen atoms in total. The Kier molecular flexibility index (Phi) is 8.88. The predicted octanol–water partition coefficient (Wildman–Crippen LogP) is 5.49. The van der Waals surface area contributed by atoms with Gasteiger partial charge >= 0.3 is 6.18 Å². The molecule has 0 saturated heterocycles.